The second kappa shape index (κ2) is 8.47. The number of rotatable bonds is 6. The molecule has 0 aliphatic heterocycles. The maximum Gasteiger partial charge on any atom is 0.330 e. The molecular weight excluding hydrogens is 340 g/mol. The van der Waals surface area contributed by atoms with E-state index in [9.17, 15) is 4.79 Å². The van der Waals surface area contributed by atoms with Gasteiger partial charge in [0.05, 0.1) is 13.2 Å². The van der Waals surface area contributed by atoms with E-state index in [2.05, 4.69) is 69.3 Å². The van der Waals surface area contributed by atoms with Crippen LogP contribution in [0.2, 0.25) is 5.04 Å². The van der Waals surface area contributed by atoms with E-state index < -0.39 is 8.32 Å². The van der Waals surface area contributed by atoms with Gasteiger partial charge in [0.15, 0.2) is 0 Å². The van der Waals surface area contributed by atoms with Crippen molar-refractivity contribution < 1.29 is 14.0 Å². The summed E-state index contributed by atoms with van der Waals surface area (Å²) in [5.74, 6) is -0.372. The van der Waals surface area contributed by atoms with Gasteiger partial charge in [-0.2, -0.15) is 0 Å². The van der Waals surface area contributed by atoms with E-state index in [1.165, 1.54) is 23.6 Å². The molecule has 3 nitrogen and oxygen atoms in total. The predicted octanol–water partition coefficient (Wildman–Crippen LogP) is 3.68. The predicted molar refractivity (Wildman–Crippen MR) is 109 cm³/mol. The lowest BCUT2D eigenvalue weighted by Crippen LogP contribution is -2.67. The molecule has 0 aliphatic rings. The lowest BCUT2D eigenvalue weighted by molar-refractivity contribution is -0.134. The summed E-state index contributed by atoms with van der Waals surface area (Å²) in [7, 11) is -1.22. The maximum atomic E-state index is 11.5. The van der Waals surface area contributed by atoms with E-state index in [1.54, 1.807) is 6.08 Å². The summed E-state index contributed by atoms with van der Waals surface area (Å²) in [6.07, 6.45) is 2.98. The third kappa shape index (κ3) is 4.32. The number of benzene rings is 2. The smallest absolute Gasteiger partial charge is 0.330 e. The quantitative estimate of drug-likeness (QED) is 0.443. The Morgan fingerprint density at radius 2 is 1.42 bits per heavy atom. The first-order valence-corrected chi connectivity index (χ1v) is 10.8. The fraction of sp³-hybridized carbons (Fsp3) is 0.318. The summed E-state index contributed by atoms with van der Waals surface area (Å²) in [6.45, 7) is 8.67. The average Bonchev–Trinajstić information content (AvgIpc) is 2.64. The van der Waals surface area contributed by atoms with E-state index in [4.69, 9.17) is 9.16 Å². The van der Waals surface area contributed by atoms with Crippen LogP contribution in [0, 0.1) is 0 Å². The van der Waals surface area contributed by atoms with Gasteiger partial charge < -0.3 is 9.16 Å². The van der Waals surface area contributed by atoms with Crippen molar-refractivity contribution in [2.24, 2.45) is 0 Å². The molecule has 1 atom stereocenters. The topological polar surface area (TPSA) is 35.5 Å². The zero-order valence-corrected chi connectivity index (χ0v) is 17.2. The van der Waals surface area contributed by atoms with Crippen molar-refractivity contribution in [1.29, 1.82) is 0 Å². The number of esters is 1. The Kier molecular flexibility index (Phi) is 6.56. The Morgan fingerprint density at radius 1 is 0.962 bits per heavy atom. The Bertz CT molecular complexity index is 693. The number of hydrogen-bond donors (Lipinski definition) is 0. The van der Waals surface area contributed by atoms with Gasteiger partial charge in [0.1, 0.15) is 0 Å². The number of ether oxygens (including phenoxy) is 1. The highest BCUT2D eigenvalue weighted by atomic mass is 28.4. The Hall–Kier alpha value is -2.17. The normalized spacial score (nSPS) is 13.6. The molecule has 0 unspecified atom stereocenters. The monoisotopic (exact) mass is 368 g/mol. The van der Waals surface area contributed by atoms with Crippen LogP contribution in [0.15, 0.2) is 72.8 Å². The largest absolute Gasteiger partial charge is 0.466 e. The molecule has 0 aliphatic carbocycles. The summed E-state index contributed by atoms with van der Waals surface area (Å²) in [5, 5.41) is 2.34. The first kappa shape index (κ1) is 20.1. The van der Waals surface area contributed by atoms with Crippen LogP contribution in [0.1, 0.15) is 27.7 Å². The molecule has 0 fully saturated rings. The minimum absolute atomic E-state index is 0.0942. The molecule has 2 aromatic rings. The average molecular weight is 369 g/mol. The molecule has 0 bridgehead atoms. The van der Waals surface area contributed by atoms with Crippen molar-refractivity contribution in [2.75, 3.05) is 7.11 Å². The molecule has 4 heteroatoms. The van der Waals surface area contributed by atoms with Gasteiger partial charge in [-0.15, -0.1) is 0 Å². The first-order chi connectivity index (χ1) is 12.3. The summed E-state index contributed by atoms with van der Waals surface area (Å²) in [5.41, 5.74) is 0. The molecule has 0 saturated carbocycles. The summed E-state index contributed by atoms with van der Waals surface area (Å²) < 4.78 is 11.5. The van der Waals surface area contributed by atoms with Crippen molar-refractivity contribution in [3.8, 4) is 0 Å². The molecule has 0 aromatic heterocycles. The second-order valence-electron chi connectivity index (χ2n) is 7.37. The van der Waals surface area contributed by atoms with E-state index >= 15 is 0 Å². The lowest BCUT2D eigenvalue weighted by atomic mass is 10.2. The van der Waals surface area contributed by atoms with Gasteiger partial charge >= 0.3 is 5.97 Å². The fourth-order valence-electron chi connectivity index (χ4n) is 3.29. The number of carbonyl (C=O) groups is 1. The Labute approximate surface area is 157 Å². The van der Waals surface area contributed by atoms with Crippen LogP contribution in [0.5, 0.6) is 0 Å². The maximum absolute atomic E-state index is 11.5. The number of hydrogen-bond acceptors (Lipinski definition) is 3. The van der Waals surface area contributed by atoms with E-state index in [0.717, 1.165) is 0 Å². The van der Waals surface area contributed by atoms with Gasteiger partial charge in [-0.25, -0.2) is 4.79 Å². The second-order valence-corrected chi connectivity index (χ2v) is 11.6. The minimum atomic E-state index is -2.60. The molecule has 0 spiro atoms. The van der Waals surface area contributed by atoms with Crippen LogP contribution in [-0.2, 0) is 14.0 Å². The van der Waals surface area contributed by atoms with Gasteiger partial charge in [0.25, 0.3) is 8.32 Å². The molecule has 0 amide bonds. The van der Waals surface area contributed by atoms with Crippen molar-refractivity contribution in [1.82, 2.24) is 0 Å². The van der Waals surface area contributed by atoms with E-state index in [1.807, 2.05) is 19.1 Å². The van der Waals surface area contributed by atoms with Crippen LogP contribution in [0.3, 0.4) is 0 Å². The van der Waals surface area contributed by atoms with E-state index in [-0.39, 0.29) is 17.1 Å². The molecular formula is C22H28O3Si. The number of carbonyl (C=O) groups excluding carboxylic acids is 1. The highest BCUT2D eigenvalue weighted by Gasteiger charge is 2.50. The van der Waals surface area contributed by atoms with Crippen molar-refractivity contribution in [2.45, 2.75) is 38.8 Å². The molecule has 0 saturated heterocycles. The lowest BCUT2D eigenvalue weighted by Gasteiger charge is -2.44. The Morgan fingerprint density at radius 3 is 1.81 bits per heavy atom. The van der Waals surface area contributed by atoms with Gasteiger partial charge in [0.2, 0.25) is 0 Å². The van der Waals surface area contributed by atoms with Gasteiger partial charge in [-0.1, -0.05) is 87.5 Å². The van der Waals surface area contributed by atoms with Crippen molar-refractivity contribution >= 4 is 24.7 Å². The molecule has 0 N–H and O–H groups in total. The van der Waals surface area contributed by atoms with Crippen LogP contribution < -0.4 is 10.4 Å². The molecule has 0 heterocycles. The van der Waals surface area contributed by atoms with Crippen LogP contribution in [0.4, 0.5) is 0 Å². The third-order valence-electron chi connectivity index (χ3n) is 4.48. The minimum Gasteiger partial charge on any atom is -0.466 e. The molecule has 0 radical (unpaired) electrons. The third-order valence-corrected chi connectivity index (χ3v) is 9.61. The summed E-state index contributed by atoms with van der Waals surface area (Å²) >= 11 is 0. The SMILES string of the molecule is COC(=O)/C=C\[C@H](C)O[Si](c1ccccc1)(c1ccccc1)C(C)(C)C. The van der Waals surface area contributed by atoms with Crippen molar-refractivity contribution in [3.05, 3.63) is 72.8 Å². The zero-order valence-electron chi connectivity index (χ0n) is 16.2. The van der Waals surface area contributed by atoms with E-state index in [0.29, 0.717) is 0 Å². The fourth-order valence-corrected chi connectivity index (χ4v) is 7.94. The molecule has 26 heavy (non-hydrogen) atoms. The molecule has 2 rings (SSSR count). The van der Waals surface area contributed by atoms with Gasteiger partial charge in [-0.3, -0.25) is 0 Å². The van der Waals surface area contributed by atoms with Crippen LogP contribution in [0.25, 0.3) is 0 Å². The molecule has 2 aromatic carbocycles. The zero-order chi connectivity index (χ0) is 19.2. The first-order valence-electron chi connectivity index (χ1n) is 8.86. The highest BCUT2D eigenvalue weighted by molar-refractivity contribution is 6.99. The van der Waals surface area contributed by atoms with Crippen LogP contribution >= 0.6 is 0 Å². The summed E-state index contributed by atoms with van der Waals surface area (Å²) in [6, 6.07) is 20.9. The van der Waals surface area contributed by atoms with Gasteiger partial charge in [-0.05, 0) is 22.3 Å². The van der Waals surface area contributed by atoms with Crippen LogP contribution in [-0.4, -0.2) is 27.5 Å². The highest BCUT2D eigenvalue weighted by Crippen LogP contribution is 2.37. The Balaban J connectivity index is 2.57. The van der Waals surface area contributed by atoms with Crippen molar-refractivity contribution in [3.63, 3.8) is 0 Å². The van der Waals surface area contributed by atoms with Gasteiger partial charge in [0, 0.05) is 6.08 Å². The number of methoxy groups -OCH3 is 1. The molecule has 138 valence electrons. The summed E-state index contributed by atoms with van der Waals surface area (Å²) in [4.78, 5) is 11.5. The standard InChI is InChI=1S/C22H28O3Si/c1-18(16-17-21(23)24-5)25-26(22(2,3)4,19-12-8-6-9-13-19)20-14-10-7-11-15-20/h6-18H,1-5H3/b17-16-/t18-/m0/s1.